The standard InChI is InChI=1S/C7H8N2O3S/c1-13(11,12)9-6-3-2-4-8-7(6)5-10/h2-5,9H,1H3. The van der Waals surface area contributed by atoms with E-state index in [1.54, 1.807) is 6.07 Å². The highest BCUT2D eigenvalue weighted by Crippen LogP contribution is 2.10. The molecular formula is C7H8N2O3S. The number of hydrogen-bond donors (Lipinski definition) is 1. The number of carbonyl (C=O) groups is 1. The first-order chi connectivity index (χ1) is 6.03. The van der Waals surface area contributed by atoms with E-state index in [4.69, 9.17) is 0 Å². The van der Waals surface area contributed by atoms with Crippen molar-refractivity contribution >= 4 is 22.0 Å². The first-order valence-electron chi connectivity index (χ1n) is 3.41. The van der Waals surface area contributed by atoms with E-state index in [1.807, 2.05) is 0 Å². The Morgan fingerprint density at radius 3 is 2.77 bits per heavy atom. The lowest BCUT2D eigenvalue weighted by molar-refractivity contribution is 0.112. The summed E-state index contributed by atoms with van der Waals surface area (Å²) in [5, 5.41) is 0. The normalized spacial score (nSPS) is 10.8. The number of sulfonamides is 1. The Labute approximate surface area is 75.9 Å². The summed E-state index contributed by atoms with van der Waals surface area (Å²) in [5.41, 5.74) is 0.271. The van der Waals surface area contributed by atoms with Gasteiger partial charge in [0.15, 0.2) is 6.29 Å². The number of carbonyl (C=O) groups excluding carboxylic acids is 1. The van der Waals surface area contributed by atoms with Gasteiger partial charge in [-0.2, -0.15) is 0 Å². The molecule has 0 aromatic carbocycles. The summed E-state index contributed by atoms with van der Waals surface area (Å²) in [7, 11) is -3.36. The molecule has 1 rings (SSSR count). The van der Waals surface area contributed by atoms with Crippen LogP contribution in [0, 0.1) is 0 Å². The smallest absolute Gasteiger partial charge is 0.229 e. The SMILES string of the molecule is CS(=O)(=O)Nc1cccnc1C=O. The summed E-state index contributed by atoms with van der Waals surface area (Å²) >= 11 is 0. The van der Waals surface area contributed by atoms with Crippen LogP contribution >= 0.6 is 0 Å². The maximum Gasteiger partial charge on any atom is 0.229 e. The molecule has 0 saturated carbocycles. The van der Waals surface area contributed by atoms with Crippen LogP contribution in [0.4, 0.5) is 5.69 Å². The Morgan fingerprint density at radius 2 is 2.23 bits per heavy atom. The zero-order valence-electron chi connectivity index (χ0n) is 6.89. The van der Waals surface area contributed by atoms with Gasteiger partial charge in [0.2, 0.25) is 10.0 Å². The molecule has 13 heavy (non-hydrogen) atoms. The fourth-order valence-corrected chi connectivity index (χ4v) is 1.37. The molecule has 70 valence electrons. The Bertz CT molecular complexity index is 414. The van der Waals surface area contributed by atoms with Crippen LogP contribution in [0.2, 0.25) is 0 Å². The van der Waals surface area contributed by atoms with Crippen LogP contribution in [-0.4, -0.2) is 25.9 Å². The van der Waals surface area contributed by atoms with Gasteiger partial charge in [0.25, 0.3) is 0 Å². The maximum atomic E-state index is 10.8. The molecule has 0 aliphatic carbocycles. The summed E-state index contributed by atoms with van der Waals surface area (Å²) < 4.78 is 23.8. The summed E-state index contributed by atoms with van der Waals surface area (Å²) in [5.74, 6) is 0. The highest BCUT2D eigenvalue weighted by atomic mass is 32.2. The number of aldehydes is 1. The van der Waals surface area contributed by atoms with Crippen molar-refractivity contribution in [1.82, 2.24) is 4.98 Å². The molecule has 1 aromatic rings. The number of anilines is 1. The molecule has 0 aliphatic heterocycles. The number of hydrogen-bond acceptors (Lipinski definition) is 4. The summed E-state index contributed by atoms with van der Waals surface area (Å²) in [6.45, 7) is 0. The van der Waals surface area contributed by atoms with Crippen molar-refractivity contribution in [2.75, 3.05) is 11.0 Å². The van der Waals surface area contributed by atoms with Crippen LogP contribution in [0.5, 0.6) is 0 Å². The quantitative estimate of drug-likeness (QED) is 0.710. The van der Waals surface area contributed by atoms with E-state index in [9.17, 15) is 13.2 Å². The Morgan fingerprint density at radius 1 is 1.54 bits per heavy atom. The van der Waals surface area contributed by atoms with Gasteiger partial charge in [-0.3, -0.25) is 14.5 Å². The Balaban J connectivity index is 3.08. The lowest BCUT2D eigenvalue weighted by atomic mass is 10.3. The lowest BCUT2D eigenvalue weighted by Gasteiger charge is -2.04. The van der Waals surface area contributed by atoms with Gasteiger partial charge < -0.3 is 0 Å². The minimum Gasteiger partial charge on any atom is -0.296 e. The van der Waals surface area contributed by atoms with Gasteiger partial charge in [0, 0.05) is 6.20 Å². The average molecular weight is 200 g/mol. The Kier molecular flexibility index (Phi) is 2.62. The zero-order chi connectivity index (χ0) is 9.90. The minimum atomic E-state index is -3.36. The van der Waals surface area contributed by atoms with Crippen molar-refractivity contribution in [3.63, 3.8) is 0 Å². The van der Waals surface area contributed by atoms with E-state index in [0.29, 0.717) is 6.29 Å². The number of nitrogens with zero attached hydrogens (tertiary/aromatic N) is 1. The summed E-state index contributed by atoms with van der Waals surface area (Å²) in [4.78, 5) is 14.1. The zero-order valence-corrected chi connectivity index (χ0v) is 7.71. The maximum absolute atomic E-state index is 10.8. The fourth-order valence-electron chi connectivity index (χ4n) is 0.797. The van der Waals surface area contributed by atoms with Crippen molar-refractivity contribution in [1.29, 1.82) is 0 Å². The van der Waals surface area contributed by atoms with Crippen molar-refractivity contribution in [3.8, 4) is 0 Å². The first-order valence-corrected chi connectivity index (χ1v) is 5.30. The van der Waals surface area contributed by atoms with E-state index < -0.39 is 10.0 Å². The predicted octanol–water partition coefficient (Wildman–Crippen LogP) is 0.266. The molecule has 6 heteroatoms. The van der Waals surface area contributed by atoms with E-state index in [0.717, 1.165) is 6.26 Å². The Hall–Kier alpha value is -1.43. The van der Waals surface area contributed by atoms with E-state index in [-0.39, 0.29) is 11.4 Å². The number of pyridine rings is 1. The molecule has 5 nitrogen and oxygen atoms in total. The second kappa shape index (κ2) is 3.53. The number of rotatable bonds is 3. The molecule has 0 saturated heterocycles. The molecule has 0 aliphatic rings. The molecule has 0 atom stereocenters. The van der Waals surface area contributed by atoms with Crippen LogP contribution in [0.15, 0.2) is 18.3 Å². The molecule has 0 unspecified atom stereocenters. The second-order valence-electron chi connectivity index (χ2n) is 2.43. The third-order valence-corrected chi connectivity index (χ3v) is 1.84. The van der Waals surface area contributed by atoms with Gasteiger partial charge in [0.05, 0.1) is 11.9 Å². The van der Waals surface area contributed by atoms with Crippen LogP contribution in [0.1, 0.15) is 10.5 Å². The van der Waals surface area contributed by atoms with Crippen molar-refractivity contribution < 1.29 is 13.2 Å². The molecule has 0 bridgehead atoms. The number of aromatic nitrogens is 1. The average Bonchev–Trinajstić information content (AvgIpc) is 2.02. The third-order valence-electron chi connectivity index (χ3n) is 1.25. The lowest BCUT2D eigenvalue weighted by Crippen LogP contribution is -2.11. The van der Waals surface area contributed by atoms with Gasteiger partial charge in [-0.1, -0.05) is 0 Å². The summed E-state index contributed by atoms with van der Waals surface area (Å²) in [6.07, 6.45) is 2.92. The summed E-state index contributed by atoms with van der Waals surface area (Å²) in [6, 6.07) is 3.01. The van der Waals surface area contributed by atoms with E-state index >= 15 is 0 Å². The van der Waals surface area contributed by atoms with Crippen LogP contribution < -0.4 is 4.72 Å². The largest absolute Gasteiger partial charge is 0.296 e. The van der Waals surface area contributed by atoms with Crippen molar-refractivity contribution in [2.45, 2.75) is 0 Å². The van der Waals surface area contributed by atoms with Gasteiger partial charge in [-0.15, -0.1) is 0 Å². The van der Waals surface area contributed by atoms with Crippen LogP contribution in [-0.2, 0) is 10.0 Å². The molecule has 1 aromatic heterocycles. The highest BCUT2D eigenvalue weighted by molar-refractivity contribution is 7.92. The molecular weight excluding hydrogens is 192 g/mol. The first kappa shape index (κ1) is 9.66. The van der Waals surface area contributed by atoms with Crippen molar-refractivity contribution in [3.05, 3.63) is 24.0 Å². The predicted molar refractivity (Wildman–Crippen MR) is 48.1 cm³/mol. The minimum absolute atomic E-state index is 0.0768. The van der Waals surface area contributed by atoms with Crippen molar-refractivity contribution in [2.24, 2.45) is 0 Å². The molecule has 0 fully saturated rings. The molecule has 0 radical (unpaired) electrons. The number of nitrogens with one attached hydrogen (secondary N) is 1. The fraction of sp³-hybridized carbons (Fsp3) is 0.143. The monoisotopic (exact) mass is 200 g/mol. The molecule has 0 spiro atoms. The van der Waals surface area contributed by atoms with Gasteiger partial charge in [-0.25, -0.2) is 8.42 Å². The van der Waals surface area contributed by atoms with Crippen LogP contribution in [0.25, 0.3) is 0 Å². The third kappa shape index (κ3) is 2.83. The van der Waals surface area contributed by atoms with Gasteiger partial charge in [-0.05, 0) is 12.1 Å². The second-order valence-corrected chi connectivity index (χ2v) is 4.18. The van der Waals surface area contributed by atoms with E-state index in [1.165, 1.54) is 12.3 Å². The topological polar surface area (TPSA) is 76.1 Å². The van der Waals surface area contributed by atoms with Gasteiger partial charge >= 0.3 is 0 Å². The molecule has 0 amide bonds. The molecule has 1 heterocycles. The molecule has 1 N–H and O–H groups in total. The van der Waals surface area contributed by atoms with E-state index in [2.05, 4.69) is 9.71 Å². The highest BCUT2D eigenvalue weighted by Gasteiger charge is 2.06. The van der Waals surface area contributed by atoms with Gasteiger partial charge in [0.1, 0.15) is 5.69 Å². The van der Waals surface area contributed by atoms with Crippen LogP contribution in [0.3, 0.4) is 0 Å².